The third-order valence-corrected chi connectivity index (χ3v) is 5.78. The molecule has 1 saturated carbocycles. The van der Waals surface area contributed by atoms with Crippen LogP contribution in [0.3, 0.4) is 0 Å². The van der Waals surface area contributed by atoms with Gasteiger partial charge in [0.1, 0.15) is 0 Å². The second-order valence-electron chi connectivity index (χ2n) is 7.85. The fourth-order valence-electron chi connectivity index (χ4n) is 4.58. The molecule has 2 nitrogen and oxygen atoms in total. The van der Waals surface area contributed by atoms with Crippen LogP contribution in [0.2, 0.25) is 0 Å². The number of aliphatic hydroxyl groups is 1. The molecular weight excluding hydrogens is 234 g/mol. The molecular formula is C17H33NO. The van der Waals surface area contributed by atoms with Crippen molar-refractivity contribution in [3.8, 4) is 0 Å². The molecule has 5 atom stereocenters. The van der Waals surface area contributed by atoms with Gasteiger partial charge >= 0.3 is 0 Å². The van der Waals surface area contributed by atoms with Crippen molar-refractivity contribution in [1.82, 2.24) is 4.90 Å². The molecule has 1 N–H and O–H groups in total. The quantitative estimate of drug-likeness (QED) is 0.845. The van der Waals surface area contributed by atoms with E-state index in [1.807, 2.05) is 0 Å². The molecule has 0 spiro atoms. The van der Waals surface area contributed by atoms with Crippen molar-refractivity contribution in [2.24, 2.45) is 23.2 Å². The zero-order chi connectivity index (χ0) is 14.0. The van der Waals surface area contributed by atoms with Crippen molar-refractivity contribution in [2.45, 2.75) is 65.8 Å². The van der Waals surface area contributed by atoms with Crippen LogP contribution in [0.5, 0.6) is 0 Å². The molecule has 1 heterocycles. The second-order valence-corrected chi connectivity index (χ2v) is 7.85. The highest BCUT2D eigenvalue weighted by Crippen LogP contribution is 2.41. The highest BCUT2D eigenvalue weighted by atomic mass is 16.3. The number of aliphatic hydroxyl groups excluding tert-OH is 1. The Labute approximate surface area is 119 Å². The highest BCUT2D eigenvalue weighted by molar-refractivity contribution is 4.91. The number of likely N-dealkylation sites (tertiary alicyclic amines) is 1. The zero-order valence-corrected chi connectivity index (χ0v) is 13.4. The summed E-state index contributed by atoms with van der Waals surface area (Å²) in [5.41, 5.74) is 0.183. The molecule has 2 fully saturated rings. The van der Waals surface area contributed by atoms with E-state index in [1.54, 1.807) is 0 Å². The predicted octanol–water partition coefficient (Wildman–Crippen LogP) is 3.54. The number of hydrogen-bond donors (Lipinski definition) is 1. The Hall–Kier alpha value is -0.0800. The van der Waals surface area contributed by atoms with Crippen molar-refractivity contribution in [3.05, 3.63) is 0 Å². The molecule has 2 heteroatoms. The van der Waals surface area contributed by atoms with Gasteiger partial charge in [-0.1, -0.05) is 33.6 Å². The van der Waals surface area contributed by atoms with Crippen LogP contribution in [-0.4, -0.2) is 35.7 Å². The number of hydrogen-bond acceptors (Lipinski definition) is 2. The van der Waals surface area contributed by atoms with Gasteiger partial charge < -0.3 is 5.11 Å². The van der Waals surface area contributed by atoms with E-state index in [-0.39, 0.29) is 5.41 Å². The van der Waals surface area contributed by atoms with Crippen LogP contribution in [0.25, 0.3) is 0 Å². The minimum absolute atomic E-state index is 0.183. The first-order chi connectivity index (χ1) is 8.96. The summed E-state index contributed by atoms with van der Waals surface area (Å²) in [6, 6.07) is 0.678. The molecule has 2 rings (SSSR count). The van der Waals surface area contributed by atoms with Crippen molar-refractivity contribution in [1.29, 1.82) is 0 Å². The molecule has 0 aromatic rings. The lowest BCUT2D eigenvalue weighted by atomic mass is 9.69. The monoisotopic (exact) mass is 267 g/mol. The second kappa shape index (κ2) is 6.13. The van der Waals surface area contributed by atoms with Gasteiger partial charge in [-0.25, -0.2) is 0 Å². The first kappa shape index (κ1) is 15.3. The van der Waals surface area contributed by atoms with E-state index in [9.17, 15) is 5.11 Å². The fourth-order valence-corrected chi connectivity index (χ4v) is 4.58. The van der Waals surface area contributed by atoms with Crippen LogP contribution in [0.4, 0.5) is 0 Å². The van der Waals surface area contributed by atoms with Crippen LogP contribution in [0, 0.1) is 23.2 Å². The Kier molecular flexibility index (Phi) is 4.94. The maximum Gasteiger partial charge on any atom is 0.0499 e. The summed E-state index contributed by atoms with van der Waals surface area (Å²) in [5.74, 6) is 2.39. The molecule has 19 heavy (non-hydrogen) atoms. The molecule has 5 unspecified atom stereocenters. The Bertz CT molecular complexity index is 293. The maximum absolute atomic E-state index is 9.98. The summed E-state index contributed by atoms with van der Waals surface area (Å²) < 4.78 is 0. The molecule has 0 aromatic heterocycles. The average Bonchev–Trinajstić information content (AvgIpc) is 2.35. The van der Waals surface area contributed by atoms with Crippen molar-refractivity contribution >= 4 is 0 Å². The Morgan fingerprint density at radius 1 is 1.16 bits per heavy atom. The van der Waals surface area contributed by atoms with Gasteiger partial charge in [0.2, 0.25) is 0 Å². The van der Waals surface area contributed by atoms with E-state index in [4.69, 9.17) is 0 Å². The molecule has 0 bridgehead atoms. The minimum Gasteiger partial charge on any atom is -0.396 e. The molecule has 0 aromatic carbocycles. The Morgan fingerprint density at radius 3 is 2.53 bits per heavy atom. The van der Waals surface area contributed by atoms with Crippen LogP contribution < -0.4 is 0 Å². The summed E-state index contributed by atoms with van der Waals surface area (Å²) in [7, 11) is 0. The molecule has 1 aliphatic heterocycles. The number of nitrogens with zero attached hydrogens (tertiary/aromatic N) is 1. The molecule has 1 saturated heterocycles. The summed E-state index contributed by atoms with van der Waals surface area (Å²) in [5, 5.41) is 9.98. The fraction of sp³-hybridized carbons (Fsp3) is 1.00. The van der Waals surface area contributed by atoms with Crippen LogP contribution in [-0.2, 0) is 0 Å². The van der Waals surface area contributed by atoms with Crippen LogP contribution in [0.15, 0.2) is 0 Å². The predicted molar refractivity (Wildman–Crippen MR) is 81.1 cm³/mol. The standard InChI is InChI=1S/C17H33NO/c1-13-6-5-7-17(9-13,12-19)11-18-10-14(2)8-15(3)16(18)4/h13-16,19H,5-12H2,1-4H3. The first-order valence-corrected chi connectivity index (χ1v) is 8.31. The van der Waals surface area contributed by atoms with Crippen LogP contribution >= 0.6 is 0 Å². The highest BCUT2D eigenvalue weighted by Gasteiger charge is 2.39. The van der Waals surface area contributed by atoms with Gasteiger partial charge in [0.05, 0.1) is 0 Å². The van der Waals surface area contributed by atoms with Crippen molar-refractivity contribution in [2.75, 3.05) is 19.7 Å². The first-order valence-electron chi connectivity index (χ1n) is 8.31. The van der Waals surface area contributed by atoms with Crippen LogP contribution in [0.1, 0.15) is 59.8 Å². The van der Waals surface area contributed by atoms with E-state index >= 15 is 0 Å². The third-order valence-electron chi connectivity index (χ3n) is 5.78. The summed E-state index contributed by atoms with van der Waals surface area (Å²) in [6.45, 7) is 12.2. The van der Waals surface area contributed by atoms with E-state index in [2.05, 4.69) is 32.6 Å². The lowest BCUT2D eigenvalue weighted by Gasteiger charge is -2.48. The van der Waals surface area contributed by atoms with E-state index in [0.29, 0.717) is 12.6 Å². The Morgan fingerprint density at radius 2 is 1.89 bits per heavy atom. The van der Waals surface area contributed by atoms with Gasteiger partial charge in [0, 0.05) is 31.2 Å². The van der Waals surface area contributed by atoms with Gasteiger partial charge in [-0.2, -0.15) is 0 Å². The van der Waals surface area contributed by atoms with Crippen molar-refractivity contribution in [3.63, 3.8) is 0 Å². The van der Waals surface area contributed by atoms with E-state index in [1.165, 1.54) is 38.6 Å². The lowest BCUT2D eigenvalue weighted by molar-refractivity contribution is -0.0167. The van der Waals surface area contributed by atoms with E-state index in [0.717, 1.165) is 24.3 Å². The maximum atomic E-state index is 9.98. The van der Waals surface area contributed by atoms with E-state index < -0.39 is 0 Å². The van der Waals surface area contributed by atoms with Gasteiger partial charge in [-0.05, 0) is 43.9 Å². The third kappa shape index (κ3) is 3.52. The number of piperidine rings is 1. The molecule has 2 aliphatic rings. The summed E-state index contributed by atoms with van der Waals surface area (Å²) >= 11 is 0. The molecule has 0 radical (unpaired) electrons. The lowest BCUT2D eigenvalue weighted by Crippen LogP contribution is -2.52. The molecule has 1 aliphatic carbocycles. The smallest absolute Gasteiger partial charge is 0.0499 e. The van der Waals surface area contributed by atoms with Crippen molar-refractivity contribution < 1.29 is 5.11 Å². The van der Waals surface area contributed by atoms with Gasteiger partial charge in [-0.15, -0.1) is 0 Å². The molecule has 0 amide bonds. The Balaban J connectivity index is 2.04. The summed E-state index contributed by atoms with van der Waals surface area (Å²) in [4.78, 5) is 2.67. The number of rotatable bonds is 3. The van der Waals surface area contributed by atoms with Gasteiger partial charge in [-0.3, -0.25) is 4.90 Å². The normalized spacial score (nSPS) is 45.3. The SMILES string of the molecule is CC1CC(C)C(C)N(CC2(CO)CCCC(C)C2)C1. The topological polar surface area (TPSA) is 23.5 Å². The molecule has 112 valence electrons. The largest absolute Gasteiger partial charge is 0.396 e. The zero-order valence-electron chi connectivity index (χ0n) is 13.4. The van der Waals surface area contributed by atoms with Gasteiger partial charge in [0.15, 0.2) is 0 Å². The minimum atomic E-state index is 0.183. The van der Waals surface area contributed by atoms with Gasteiger partial charge in [0.25, 0.3) is 0 Å². The summed E-state index contributed by atoms with van der Waals surface area (Å²) in [6.07, 6.45) is 6.45. The average molecular weight is 267 g/mol.